The van der Waals surface area contributed by atoms with Crippen LogP contribution in [0.2, 0.25) is 0 Å². The van der Waals surface area contributed by atoms with Crippen LogP contribution in [0, 0.1) is 0 Å². The van der Waals surface area contributed by atoms with Crippen LogP contribution in [0.1, 0.15) is 46.1 Å². The van der Waals surface area contributed by atoms with Crippen molar-refractivity contribution >= 4 is 17.5 Å². The Hall–Kier alpha value is -3.14. The van der Waals surface area contributed by atoms with E-state index in [0.29, 0.717) is 18.9 Å². The number of halogens is 1. The summed E-state index contributed by atoms with van der Waals surface area (Å²) >= 11 is 0. The molecule has 2 saturated heterocycles. The zero-order chi connectivity index (χ0) is 29.0. The van der Waals surface area contributed by atoms with Gasteiger partial charge in [-0.15, -0.1) is 0 Å². The van der Waals surface area contributed by atoms with Crippen molar-refractivity contribution in [3.63, 3.8) is 0 Å². The fourth-order valence-electron chi connectivity index (χ4n) is 5.63. The number of nitrogens with zero attached hydrogens (tertiary/aromatic N) is 6. The molecule has 2 aromatic heterocycles. The molecule has 0 saturated carbocycles. The van der Waals surface area contributed by atoms with Crippen LogP contribution >= 0.6 is 0 Å². The minimum absolute atomic E-state index is 0.116. The van der Waals surface area contributed by atoms with Gasteiger partial charge in [0.25, 0.3) is 0 Å². The zero-order valence-electron chi connectivity index (χ0n) is 25.2. The van der Waals surface area contributed by atoms with Crippen LogP contribution in [0.25, 0.3) is 11.1 Å². The van der Waals surface area contributed by atoms with Gasteiger partial charge in [-0.05, 0) is 48.4 Å². The van der Waals surface area contributed by atoms with Crippen molar-refractivity contribution in [2.45, 2.75) is 59.3 Å². The van der Waals surface area contributed by atoms with Gasteiger partial charge in [-0.2, -0.15) is 0 Å². The first kappa shape index (κ1) is 30.8. The number of aromatic nitrogens is 3. The second kappa shape index (κ2) is 15.7. The van der Waals surface area contributed by atoms with Crippen molar-refractivity contribution < 1.29 is 4.39 Å². The van der Waals surface area contributed by atoms with Crippen LogP contribution in [0.4, 0.5) is 21.8 Å². The molecule has 1 aromatic carbocycles. The van der Waals surface area contributed by atoms with Gasteiger partial charge in [0.1, 0.15) is 12.0 Å². The van der Waals surface area contributed by atoms with E-state index in [9.17, 15) is 4.39 Å². The summed E-state index contributed by atoms with van der Waals surface area (Å²) in [7, 11) is 0. The lowest BCUT2D eigenvalue weighted by molar-refractivity contribution is 0.128. The number of hydrogen-bond acceptors (Lipinski definition) is 8. The molecule has 6 aliphatic heterocycles. The summed E-state index contributed by atoms with van der Waals surface area (Å²) in [5, 5.41) is 7.04. The standard InChI is InChI=1S/C28H35FN8.2C2H6/c29-24-16-26-5-6-30-8-9-35-10-12-36(13-11-35)19-21-2-1-3-25(14-21)34-27-15-22(4-7-31-27)23-17-32-28(33-18-23)37(26)20-24;2*1-2/h1-4,7,14-15,17-18,24,26,30H,5-6,8-13,16,19-20H2,(H,31,34);2*1-2H3. The zero-order valence-corrected chi connectivity index (χ0v) is 25.2. The number of pyridine rings is 1. The fourth-order valence-corrected chi connectivity index (χ4v) is 5.63. The van der Waals surface area contributed by atoms with Gasteiger partial charge >= 0.3 is 0 Å². The van der Waals surface area contributed by atoms with Gasteiger partial charge in [0.15, 0.2) is 0 Å². The number of rotatable bonds is 0. The van der Waals surface area contributed by atoms with E-state index in [-0.39, 0.29) is 6.04 Å². The van der Waals surface area contributed by atoms with Crippen molar-refractivity contribution in [3.8, 4) is 11.1 Å². The molecule has 9 rings (SSSR count). The highest BCUT2D eigenvalue weighted by Gasteiger charge is 2.33. The molecule has 0 amide bonds. The Morgan fingerprint density at radius 2 is 1.59 bits per heavy atom. The molecule has 2 fully saturated rings. The molecule has 6 aliphatic rings. The summed E-state index contributed by atoms with van der Waals surface area (Å²) < 4.78 is 14.4. The van der Waals surface area contributed by atoms with Crippen LogP contribution in [-0.4, -0.2) is 89.3 Å². The molecular weight excluding hydrogens is 515 g/mol. The quantitative estimate of drug-likeness (QED) is 0.379. The Bertz CT molecular complexity index is 1180. The van der Waals surface area contributed by atoms with Crippen LogP contribution in [0.5, 0.6) is 0 Å². The Balaban J connectivity index is 0.000000929. The van der Waals surface area contributed by atoms with E-state index in [1.807, 2.05) is 57.1 Å². The molecule has 0 radical (unpaired) electrons. The maximum absolute atomic E-state index is 14.4. The Labute approximate surface area is 245 Å². The van der Waals surface area contributed by atoms with Crippen molar-refractivity contribution in [2.75, 3.05) is 62.6 Å². The van der Waals surface area contributed by atoms with E-state index in [4.69, 9.17) is 0 Å². The molecule has 0 spiro atoms. The molecule has 8 bridgehead atoms. The Kier molecular flexibility index (Phi) is 11.8. The summed E-state index contributed by atoms with van der Waals surface area (Å²) in [6, 6.07) is 12.7. The van der Waals surface area contributed by atoms with E-state index in [1.165, 1.54) is 5.56 Å². The number of alkyl halides is 1. The number of nitrogens with one attached hydrogen (secondary N) is 2. The van der Waals surface area contributed by atoms with Gasteiger partial charge in [-0.3, -0.25) is 9.80 Å². The first-order valence-corrected chi connectivity index (χ1v) is 15.4. The topological polar surface area (TPSA) is 72.5 Å². The minimum atomic E-state index is -0.838. The molecule has 222 valence electrons. The summed E-state index contributed by atoms with van der Waals surface area (Å²) in [4.78, 5) is 20.9. The third kappa shape index (κ3) is 8.44. The lowest BCUT2D eigenvalue weighted by Gasteiger charge is -2.34. The van der Waals surface area contributed by atoms with Gasteiger partial charge in [-0.25, -0.2) is 19.3 Å². The summed E-state index contributed by atoms with van der Waals surface area (Å²) in [6.07, 6.45) is 6.05. The predicted octanol–water partition coefficient (Wildman–Crippen LogP) is 5.36. The van der Waals surface area contributed by atoms with E-state index >= 15 is 0 Å². The highest BCUT2D eigenvalue weighted by atomic mass is 19.1. The number of benzene rings is 1. The molecule has 8 heterocycles. The molecule has 3 aromatic rings. The lowest BCUT2D eigenvalue weighted by atomic mass is 10.1. The SMILES string of the molecule is CC.CC.FC1CC2CCNCCN3CCN(CC3)Cc3cccc(c3)Nc3cc(ccn3)-c3cnc(nc3)N2C1. The van der Waals surface area contributed by atoms with E-state index in [1.54, 1.807) is 6.20 Å². The monoisotopic (exact) mass is 562 g/mol. The Morgan fingerprint density at radius 1 is 0.829 bits per heavy atom. The molecule has 2 atom stereocenters. The average molecular weight is 563 g/mol. The third-order valence-electron chi connectivity index (χ3n) is 7.68. The number of piperazine rings is 1. The second-order valence-electron chi connectivity index (χ2n) is 10.3. The highest BCUT2D eigenvalue weighted by Crippen LogP contribution is 2.28. The van der Waals surface area contributed by atoms with Crippen LogP contribution in [0.15, 0.2) is 55.0 Å². The number of anilines is 3. The van der Waals surface area contributed by atoms with Crippen molar-refractivity contribution in [2.24, 2.45) is 0 Å². The van der Waals surface area contributed by atoms with Gasteiger partial charge in [-0.1, -0.05) is 39.8 Å². The fraction of sp³-hybridized carbons (Fsp3) is 0.531. The van der Waals surface area contributed by atoms with Crippen LogP contribution in [0.3, 0.4) is 0 Å². The highest BCUT2D eigenvalue weighted by molar-refractivity contribution is 5.68. The predicted molar refractivity (Wildman–Crippen MR) is 168 cm³/mol. The average Bonchev–Trinajstić information content (AvgIpc) is 3.40. The molecule has 0 aliphatic carbocycles. The van der Waals surface area contributed by atoms with Crippen molar-refractivity contribution in [1.29, 1.82) is 0 Å². The van der Waals surface area contributed by atoms with Crippen LogP contribution < -0.4 is 15.5 Å². The maximum atomic E-state index is 14.4. The molecular formula is C32H47FN8. The van der Waals surface area contributed by atoms with E-state index in [2.05, 4.69) is 59.7 Å². The Morgan fingerprint density at radius 3 is 2.37 bits per heavy atom. The molecule has 9 heteroatoms. The lowest BCUT2D eigenvalue weighted by Crippen LogP contribution is -2.47. The second-order valence-corrected chi connectivity index (χ2v) is 10.3. The molecule has 2 unspecified atom stereocenters. The smallest absolute Gasteiger partial charge is 0.225 e. The van der Waals surface area contributed by atoms with Gasteiger partial charge in [0.2, 0.25) is 5.95 Å². The minimum Gasteiger partial charge on any atom is -0.340 e. The first-order chi connectivity index (χ1) is 20.2. The van der Waals surface area contributed by atoms with Gasteiger partial charge in [0, 0.05) is 88.1 Å². The third-order valence-corrected chi connectivity index (χ3v) is 7.68. The molecule has 8 nitrogen and oxygen atoms in total. The summed E-state index contributed by atoms with van der Waals surface area (Å²) in [5.41, 5.74) is 4.23. The van der Waals surface area contributed by atoms with Crippen LogP contribution in [-0.2, 0) is 6.54 Å². The molecule has 2 N–H and O–H groups in total. The van der Waals surface area contributed by atoms with Crippen molar-refractivity contribution in [3.05, 3.63) is 60.6 Å². The summed E-state index contributed by atoms with van der Waals surface area (Å²) in [5.74, 6) is 1.38. The number of hydrogen-bond donors (Lipinski definition) is 2. The maximum Gasteiger partial charge on any atom is 0.225 e. The molecule has 41 heavy (non-hydrogen) atoms. The summed E-state index contributed by atoms with van der Waals surface area (Å²) in [6.45, 7) is 16.5. The van der Waals surface area contributed by atoms with Gasteiger partial charge < -0.3 is 15.5 Å². The van der Waals surface area contributed by atoms with E-state index in [0.717, 1.165) is 81.4 Å². The van der Waals surface area contributed by atoms with Gasteiger partial charge in [0.05, 0.1) is 6.54 Å². The normalized spacial score (nSPS) is 24.2. The largest absolute Gasteiger partial charge is 0.340 e. The first-order valence-electron chi connectivity index (χ1n) is 15.4. The van der Waals surface area contributed by atoms with Crippen molar-refractivity contribution in [1.82, 2.24) is 30.1 Å². The van der Waals surface area contributed by atoms with E-state index < -0.39 is 6.17 Å².